The fraction of sp³-hybridized carbons (Fsp3) is 0.700. The third-order valence-electron chi connectivity index (χ3n) is 2.24. The Labute approximate surface area is 87.7 Å². The van der Waals surface area contributed by atoms with Gasteiger partial charge < -0.3 is 9.74 Å². The van der Waals surface area contributed by atoms with Crippen LogP contribution < -0.4 is 5.32 Å². The molecular weight excluding hydrogens is 194 g/mol. The SMILES string of the molecule is C=CC(=O)NCCCC[Si](C)(C)OC. The highest BCUT2D eigenvalue weighted by Gasteiger charge is 2.19. The Morgan fingerprint density at radius 2 is 2.14 bits per heavy atom. The zero-order valence-electron chi connectivity index (χ0n) is 9.43. The molecule has 0 aromatic carbocycles. The molecule has 0 heterocycles. The van der Waals surface area contributed by atoms with Gasteiger partial charge in [0.2, 0.25) is 5.91 Å². The molecule has 3 nitrogen and oxygen atoms in total. The lowest BCUT2D eigenvalue weighted by atomic mass is 10.3. The van der Waals surface area contributed by atoms with Gasteiger partial charge in [-0.15, -0.1) is 0 Å². The van der Waals surface area contributed by atoms with Crippen LogP contribution in [0.3, 0.4) is 0 Å². The number of carbonyl (C=O) groups is 1. The second-order valence-corrected chi connectivity index (χ2v) is 8.34. The lowest BCUT2D eigenvalue weighted by Gasteiger charge is -2.19. The van der Waals surface area contributed by atoms with Crippen LogP contribution in [0.4, 0.5) is 0 Å². The van der Waals surface area contributed by atoms with Gasteiger partial charge in [-0.1, -0.05) is 13.0 Å². The second-order valence-electron chi connectivity index (χ2n) is 3.92. The molecule has 0 fully saturated rings. The molecule has 0 aliphatic heterocycles. The largest absolute Gasteiger partial charge is 0.420 e. The van der Waals surface area contributed by atoms with Gasteiger partial charge in [0.25, 0.3) is 0 Å². The van der Waals surface area contributed by atoms with Crippen molar-refractivity contribution in [2.24, 2.45) is 0 Å². The van der Waals surface area contributed by atoms with Gasteiger partial charge in [-0.05, 0) is 31.6 Å². The third kappa shape index (κ3) is 6.86. The highest BCUT2D eigenvalue weighted by atomic mass is 28.4. The minimum absolute atomic E-state index is 0.0896. The number of hydrogen-bond acceptors (Lipinski definition) is 2. The summed E-state index contributed by atoms with van der Waals surface area (Å²) in [6, 6.07) is 1.15. The number of nitrogens with one attached hydrogen (secondary N) is 1. The summed E-state index contributed by atoms with van der Waals surface area (Å²) in [5, 5.41) is 2.75. The molecule has 1 amide bonds. The summed E-state index contributed by atoms with van der Waals surface area (Å²) in [5.41, 5.74) is 0. The van der Waals surface area contributed by atoms with Gasteiger partial charge >= 0.3 is 0 Å². The Balaban J connectivity index is 3.38. The number of rotatable bonds is 7. The summed E-state index contributed by atoms with van der Waals surface area (Å²) < 4.78 is 5.42. The van der Waals surface area contributed by atoms with Crippen LogP contribution in [0.15, 0.2) is 12.7 Å². The first-order valence-electron chi connectivity index (χ1n) is 4.97. The van der Waals surface area contributed by atoms with Crippen molar-refractivity contribution in [2.75, 3.05) is 13.7 Å². The van der Waals surface area contributed by atoms with Crippen molar-refractivity contribution >= 4 is 14.2 Å². The molecule has 0 aliphatic carbocycles. The lowest BCUT2D eigenvalue weighted by molar-refractivity contribution is -0.116. The average Bonchev–Trinajstić information content (AvgIpc) is 2.17. The zero-order valence-corrected chi connectivity index (χ0v) is 10.4. The quantitative estimate of drug-likeness (QED) is 0.400. The molecule has 0 spiro atoms. The molecule has 0 aromatic heterocycles. The van der Waals surface area contributed by atoms with Crippen LogP contribution in [-0.4, -0.2) is 27.9 Å². The molecule has 0 rings (SSSR count). The van der Waals surface area contributed by atoms with Crippen LogP contribution in [0.1, 0.15) is 12.8 Å². The summed E-state index contributed by atoms with van der Waals surface area (Å²) in [4.78, 5) is 10.8. The zero-order chi connectivity index (χ0) is 11.0. The van der Waals surface area contributed by atoms with E-state index in [1.165, 1.54) is 6.08 Å². The van der Waals surface area contributed by atoms with Gasteiger partial charge in [-0.2, -0.15) is 0 Å². The molecule has 0 saturated carbocycles. The predicted molar refractivity (Wildman–Crippen MR) is 61.7 cm³/mol. The van der Waals surface area contributed by atoms with E-state index in [1.54, 1.807) is 7.11 Å². The van der Waals surface area contributed by atoms with Crippen LogP contribution in [0, 0.1) is 0 Å². The lowest BCUT2D eigenvalue weighted by Crippen LogP contribution is -2.28. The molecule has 4 heteroatoms. The Hall–Kier alpha value is -0.613. The van der Waals surface area contributed by atoms with E-state index < -0.39 is 8.32 Å². The smallest absolute Gasteiger partial charge is 0.243 e. The summed E-state index contributed by atoms with van der Waals surface area (Å²) >= 11 is 0. The van der Waals surface area contributed by atoms with Crippen molar-refractivity contribution in [1.29, 1.82) is 0 Å². The molecule has 82 valence electrons. The van der Waals surface area contributed by atoms with Gasteiger partial charge in [0.15, 0.2) is 8.32 Å². The molecule has 0 saturated heterocycles. The van der Waals surface area contributed by atoms with Gasteiger partial charge in [0.1, 0.15) is 0 Å². The minimum atomic E-state index is -1.40. The molecule has 0 radical (unpaired) electrons. The summed E-state index contributed by atoms with van der Waals surface area (Å²) in [5.74, 6) is -0.0896. The van der Waals surface area contributed by atoms with E-state index in [4.69, 9.17) is 4.43 Å². The number of carbonyl (C=O) groups excluding carboxylic acids is 1. The first-order chi connectivity index (χ1) is 6.52. The maximum Gasteiger partial charge on any atom is 0.243 e. The summed E-state index contributed by atoms with van der Waals surface area (Å²) in [6.07, 6.45) is 3.43. The third-order valence-corrected chi connectivity index (χ3v) is 4.91. The Bertz CT molecular complexity index is 193. The number of hydrogen-bond donors (Lipinski definition) is 1. The van der Waals surface area contributed by atoms with Crippen molar-refractivity contribution in [3.8, 4) is 0 Å². The molecule has 0 unspecified atom stereocenters. The van der Waals surface area contributed by atoms with E-state index in [0.717, 1.165) is 25.4 Å². The van der Waals surface area contributed by atoms with E-state index in [9.17, 15) is 4.79 Å². The van der Waals surface area contributed by atoms with E-state index in [1.807, 2.05) is 0 Å². The number of amides is 1. The van der Waals surface area contributed by atoms with Crippen molar-refractivity contribution < 1.29 is 9.22 Å². The highest BCUT2D eigenvalue weighted by Crippen LogP contribution is 2.13. The van der Waals surface area contributed by atoms with Crippen LogP contribution >= 0.6 is 0 Å². The highest BCUT2D eigenvalue weighted by molar-refractivity contribution is 6.71. The van der Waals surface area contributed by atoms with Crippen molar-refractivity contribution in [2.45, 2.75) is 32.0 Å². The molecule has 14 heavy (non-hydrogen) atoms. The summed E-state index contributed by atoms with van der Waals surface area (Å²) in [6.45, 7) is 8.53. The fourth-order valence-corrected chi connectivity index (χ4v) is 2.37. The maximum atomic E-state index is 10.8. The molecule has 0 aliphatic rings. The minimum Gasteiger partial charge on any atom is -0.420 e. The topological polar surface area (TPSA) is 38.3 Å². The molecule has 1 N–H and O–H groups in total. The van der Waals surface area contributed by atoms with Gasteiger partial charge in [0, 0.05) is 13.7 Å². The van der Waals surface area contributed by atoms with Crippen molar-refractivity contribution in [1.82, 2.24) is 5.32 Å². The van der Waals surface area contributed by atoms with Gasteiger partial charge in [-0.3, -0.25) is 4.79 Å². The van der Waals surface area contributed by atoms with E-state index in [-0.39, 0.29) is 5.91 Å². The maximum absolute atomic E-state index is 10.8. The Morgan fingerprint density at radius 1 is 1.50 bits per heavy atom. The van der Waals surface area contributed by atoms with E-state index in [2.05, 4.69) is 25.0 Å². The average molecular weight is 215 g/mol. The normalized spacial score (nSPS) is 11.1. The summed E-state index contributed by atoms with van der Waals surface area (Å²) in [7, 11) is 0.388. The Kier molecular flexibility index (Phi) is 6.49. The first kappa shape index (κ1) is 13.4. The number of unbranched alkanes of at least 4 members (excludes halogenated alkanes) is 1. The van der Waals surface area contributed by atoms with E-state index in [0.29, 0.717) is 0 Å². The Morgan fingerprint density at radius 3 is 2.64 bits per heavy atom. The standard InChI is InChI=1S/C10H21NO2Si/c1-5-10(12)11-8-6-7-9-14(3,4)13-2/h5H,1,6-9H2,2-4H3,(H,11,12). The molecule has 0 aromatic rings. The van der Waals surface area contributed by atoms with Crippen LogP contribution in [0.5, 0.6) is 0 Å². The van der Waals surface area contributed by atoms with Crippen molar-refractivity contribution in [3.63, 3.8) is 0 Å². The molecule has 0 atom stereocenters. The van der Waals surface area contributed by atoms with Crippen LogP contribution in [0.2, 0.25) is 19.1 Å². The second kappa shape index (κ2) is 6.78. The van der Waals surface area contributed by atoms with Gasteiger partial charge in [-0.25, -0.2) is 0 Å². The molecule has 0 bridgehead atoms. The van der Waals surface area contributed by atoms with Crippen LogP contribution in [-0.2, 0) is 9.22 Å². The monoisotopic (exact) mass is 215 g/mol. The predicted octanol–water partition coefficient (Wildman–Crippen LogP) is 1.92. The van der Waals surface area contributed by atoms with Gasteiger partial charge in [0.05, 0.1) is 0 Å². The first-order valence-corrected chi connectivity index (χ1v) is 8.09. The fourth-order valence-electron chi connectivity index (χ4n) is 1.06. The van der Waals surface area contributed by atoms with Crippen LogP contribution in [0.25, 0.3) is 0 Å². The van der Waals surface area contributed by atoms with E-state index >= 15 is 0 Å². The molecular formula is C10H21NO2Si. The van der Waals surface area contributed by atoms with Crippen molar-refractivity contribution in [3.05, 3.63) is 12.7 Å².